The standard InChI is InChI=1S/C14H5Cl5F3NO2/c15-9-8(10(16)12(18)13(19)11(9)17)6-1-4(2-7(24)25)5(3-23-6)14(20,21)22/h1,3H,2H2,(H,24,25). The van der Waals surface area contributed by atoms with Crippen LogP contribution in [-0.4, -0.2) is 16.1 Å². The molecule has 25 heavy (non-hydrogen) atoms. The van der Waals surface area contributed by atoms with Crippen molar-refractivity contribution in [3.63, 3.8) is 0 Å². The van der Waals surface area contributed by atoms with Gasteiger partial charge in [0.15, 0.2) is 0 Å². The van der Waals surface area contributed by atoms with Gasteiger partial charge in [-0.2, -0.15) is 13.2 Å². The molecular weight excluding hydrogens is 448 g/mol. The lowest BCUT2D eigenvalue weighted by Gasteiger charge is -2.15. The molecule has 0 atom stereocenters. The quantitative estimate of drug-likeness (QED) is 0.418. The smallest absolute Gasteiger partial charge is 0.418 e. The fourth-order valence-electron chi connectivity index (χ4n) is 2.03. The second kappa shape index (κ2) is 7.37. The number of rotatable bonds is 3. The van der Waals surface area contributed by atoms with Crippen molar-refractivity contribution in [1.29, 1.82) is 0 Å². The summed E-state index contributed by atoms with van der Waals surface area (Å²) < 4.78 is 39.1. The van der Waals surface area contributed by atoms with E-state index < -0.39 is 29.7 Å². The number of pyridine rings is 1. The molecule has 1 aromatic heterocycles. The molecule has 0 aliphatic heterocycles. The van der Waals surface area contributed by atoms with Crippen LogP contribution in [-0.2, 0) is 17.4 Å². The van der Waals surface area contributed by atoms with Gasteiger partial charge in [0.1, 0.15) is 0 Å². The maximum atomic E-state index is 13.0. The van der Waals surface area contributed by atoms with Crippen LogP contribution in [0, 0.1) is 0 Å². The molecule has 0 saturated heterocycles. The van der Waals surface area contributed by atoms with E-state index in [2.05, 4.69) is 4.98 Å². The summed E-state index contributed by atoms with van der Waals surface area (Å²) >= 11 is 29.8. The molecule has 2 rings (SSSR count). The number of carbonyl (C=O) groups is 1. The largest absolute Gasteiger partial charge is 0.481 e. The molecule has 2 aromatic rings. The molecule has 3 nitrogen and oxygen atoms in total. The molecule has 1 aromatic carbocycles. The Morgan fingerprint density at radius 3 is 1.92 bits per heavy atom. The Kier molecular flexibility index (Phi) is 6.01. The third-order valence-electron chi connectivity index (χ3n) is 3.10. The van der Waals surface area contributed by atoms with Crippen molar-refractivity contribution < 1.29 is 23.1 Å². The summed E-state index contributed by atoms with van der Waals surface area (Å²) in [7, 11) is 0. The van der Waals surface area contributed by atoms with Gasteiger partial charge in [-0.25, -0.2) is 0 Å². The molecular formula is C14H5Cl5F3NO2. The Morgan fingerprint density at radius 2 is 1.48 bits per heavy atom. The Bertz CT molecular complexity index is 842. The first-order chi connectivity index (χ1) is 11.4. The van der Waals surface area contributed by atoms with Crippen molar-refractivity contribution in [2.24, 2.45) is 0 Å². The van der Waals surface area contributed by atoms with Crippen molar-refractivity contribution in [3.8, 4) is 11.3 Å². The highest BCUT2D eigenvalue weighted by Crippen LogP contribution is 2.48. The Hall–Kier alpha value is -0.920. The fraction of sp³-hybridized carbons (Fsp3) is 0.143. The molecule has 11 heteroatoms. The van der Waals surface area contributed by atoms with Gasteiger partial charge in [0, 0.05) is 11.8 Å². The van der Waals surface area contributed by atoms with Gasteiger partial charge in [-0.1, -0.05) is 58.0 Å². The topological polar surface area (TPSA) is 50.2 Å². The molecule has 0 saturated carbocycles. The normalized spacial score (nSPS) is 11.7. The van der Waals surface area contributed by atoms with Gasteiger partial charge < -0.3 is 5.11 Å². The third-order valence-corrected chi connectivity index (χ3v) is 5.38. The molecule has 1 heterocycles. The second-order valence-corrected chi connectivity index (χ2v) is 6.63. The summed E-state index contributed by atoms with van der Waals surface area (Å²) in [5.74, 6) is -1.45. The first kappa shape index (κ1) is 20.4. The van der Waals surface area contributed by atoms with Gasteiger partial charge >= 0.3 is 12.1 Å². The number of aromatic nitrogens is 1. The van der Waals surface area contributed by atoms with E-state index >= 15 is 0 Å². The van der Waals surface area contributed by atoms with Gasteiger partial charge in [-0.15, -0.1) is 0 Å². The lowest BCUT2D eigenvalue weighted by Crippen LogP contribution is -2.13. The highest BCUT2D eigenvalue weighted by Gasteiger charge is 2.35. The number of hydrogen-bond donors (Lipinski definition) is 1. The molecule has 0 fully saturated rings. The van der Waals surface area contributed by atoms with E-state index in [-0.39, 0.29) is 36.4 Å². The number of aliphatic carboxylic acids is 1. The first-order valence-corrected chi connectivity index (χ1v) is 8.13. The second-order valence-electron chi connectivity index (χ2n) is 4.74. The zero-order chi connectivity index (χ0) is 19.1. The van der Waals surface area contributed by atoms with Crippen LogP contribution in [0.4, 0.5) is 13.2 Å². The van der Waals surface area contributed by atoms with Gasteiger partial charge in [-0.05, 0) is 11.6 Å². The van der Waals surface area contributed by atoms with Crippen LogP contribution in [0.15, 0.2) is 12.3 Å². The van der Waals surface area contributed by atoms with E-state index in [1.165, 1.54) is 0 Å². The van der Waals surface area contributed by atoms with E-state index in [0.717, 1.165) is 6.07 Å². The van der Waals surface area contributed by atoms with Gasteiger partial charge in [0.25, 0.3) is 0 Å². The lowest BCUT2D eigenvalue weighted by atomic mass is 10.0. The zero-order valence-corrected chi connectivity index (χ0v) is 15.5. The van der Waals surface area contributed by atoms with E-state index in [4.69, 9.17) is 63.1 Å². The molecule has 0 spiro atoms. The maximum Gasteiger partial charge on any atom is 0.418 e. The van der Waals surface area contributed by atoms with Crippen molar-refractivity contribution in [3.05, 3.63) is 48.5 Å². The number of carboxylic acids is 1. The molecule has 0 aliphatic rings. The predicted octanol–water partition coefficient (Wildman–Crippen LogP) is 6.66. The third kappa shape index (κ3) is 4.09. The fourth-order valence-corrected chi connectivity index (χ4v) is 3.36. The average Bonchev–Trinajstić information content (AvgIpc) is 2.49. The van der Waals surface area contributed by atoms with E-state index in [0.29, 0.717) is 6.20 Å². The summed E-state index contributed by atoms with van der Waals surface area (Å²) in [6, 6.07) is 0.921. The molecule has 134 valence electrons. The minimum Gasteiger partial charge on any atom is -0.481 e. The number of alkyl halides is 3. The number of nitrogens with zero attached hydrogens (tertiary/aromatic N) is 1. The summed E-state index contributed by atoms with van der Waals surface area (Å²) in [5.41, 5.74) is -1.88. The first-order valence-electron chi connectivity index (χ1n) is 6.24. The molecule has 1 N–H and O–H groups in total. The molecule has 0 aliphatic carbocycles. The SMILES string of the molecule is O=C(O)Cc1cc(-c2c(Cl)c(Cl)c(Cl)c(Cl)c2Cl)ncc1C(F)(F)F. The number of benzene rings is 1. The van der Waals surface area contributed by atoms with Crippen LogP contribution in [0.5, 0.6) is 0 Å². The van der Waals surface area contributed by atoms with E-state index in [1.54, 1.807) is 0 Å². The van der Waals surface area contributed by atoms with Crippen molar-refractivity contribution in [2.75, 3.05) is 0 Å². The number of hydrogen-bond acceptors (Lipinski definition) is 2. The summed E-state index contributed by atoms with van der Waals surface area (Å²) in [5, 5.41) is 8.07. The van der Waals surface area contributed by atoms with Gasteiger partial charge in [0.05, 0.1) is 42.8 Å². The van der Waals surface area contributed by atoms with Gasteiger partial charge in [-0.3, -0.25) is 9.78 Å². The van der Waals surface area contributed by atoms with E-state index in [1.807, 2.05) is 0 Å². The Labute approximate surface area is 164 Å². The van der Waals surface area contributed by atoms with Gasteiger partial charge in [0.2, 0.25) is 0 Å². The van der Waals surface area contributed by atoms with Crippen molar-refractivity contribution >= 4 is 64.0 Å². The minimum atomic E-state index is -4.78. The van der Waals surface area contributed by atoms with Crippen LogP contribution in [0.25, 0.3) is 11.3 Å². The lowest BCUT2D eigenvalue weighted by molar-refractivity contribution is -0.139. The molecule has 0 bridgehead atoms. The molecule has 0 radical (unpaired) electrons. The number of carboxylic acid groups (broad SMARTS) is 1. The molecule has 0 amide bonds. The Balaban J connectivity index is 2.76. The summed E-state index contributed by atoms with van der Waals surface area (Å²) in [4.78, 5) is 14.6. The van der Waals surface area contributed by atoms with E-state index in [9.17, 15) is 18.0 Å². The zero-order valence-electron chi connectivity index (χ0n) is 11.7. The van der Waals surface area contributed by atoms with Crippen LogP contribution in [0.2, 0.25) is 25.1 Å². The molecule has 0 unspecified atom stereocenters. The van der Waals surface area contributed by atoms with Crippen LogP contribution in [0.1, 0.15) is 11.1 Å². The van der Waals surface area contributed by atoms with Crippen molar-refractivity contribution in [2.45, 2.75) is 12.6 Å². The van der Waals surface area contributed by atoms with Crippen LogP contribution < -0.4 is 0 Å². The summed E-state index contributed by atoms with van der Waals surface area (Å²) in [6.45, 7) is 0. The Morgan fingerprint density at radius 1 is 1.00 bits per heavy atom. The maximum absolute atomic E-state index is 13.0. The average molecular weight is 453 g/mol. The highest BCUT2D eigenvalue weighted by molar-refractivity contribution is 6.56. The number of halogens is 8. The monoisotopic (exact) mass is 451 g/mol. The van der Waals surface area contributed by atoms with Crippen LogP contribution in [0.3, 0.4) is 0 Å². The van der Waals surface area contributed by atoms with Crippen molar-refractivity contribution in [1.82, 2.24) is 4.98 Å². The summed E-state index contributed by atoms with van der Waals surface area (Å²) in [6.07, 6.45) is -5.16. The van der Waals surface area contributed by atoms with Crippen LogP contribution >= 0.6 is 58.0 Å². The highest BCUT2D eigenvalue weighted by atomic mass is 35.5. The predicted molar refractivity (Wildman–Crippen MR) is 91.1 cm³/mol. The minimum absolute atomic E-state index is 0.0527.